The maximum atomic E-state index is 11.3. The van der Waals surface area contributed by atoms with Crippen LogP contribution in [0.15, 0.2) is 11.1 Å². The van der Waals surface area contributed by atoms with Crippen molar-refractivity contribution in [2.24, 2.45) is 5.92 Å². The topological polar surface area (TPSA) is 34.1 Å². The average Bonchev–Trinajstić information content (AvgIpc) is 2.45. The Bertz CT molecular complexity index is 238. The molecular weight excluding hydrogens is 152 g/mol. The van der Waals surface area contributed by atoms with Crippen LogP contribution in [0, 0.1) is 5.92 Å². The molecule has 2 nitrogen and oxygen atoms in total. The highest BCUT2D eigenvalue weighted by Crippen LogP contribution is 2.30. The summed E-state index contributed by atoms with van der Waals surface area (Å²) in [6.07, 6.45) is 2.93. The zero-order valence-electron chi connectivity index (χ0n) is 7.59. The van der Waals surface area contributed by atoms with Gasteiger partial charge in [0.05, 0.1) is 0 Å². The van der Waals surface area contributed by atoms with Gasteiger partial charge in [-0.1, -0.05) is 13.8 Å². The van der Waals surface area contributed by atoms with Crippen LogP contribution in [0.2, 0.25) is 0 Å². The van der Waals surface area contributed by atoms with Crippen LogP contribution in [-0.4, -0.2) is 12.1 Å². The maximum absolute atomic E-state index is 11.3. The fourth-order valence-electron chi connectivity index (χ4n) is 1.68. The third-order valence-corrected chi connectivity index (χ3v) is 2.31. The number of ketones is 1. The molecule has 0 radical (unpaired) electrons. The van der Waals surface area contributed by atoms with Gasteiger partial charge in [-0.15, -0.1) is 0 Å². The highest BCUT2D eigenvalue weighted by Gasteiger charge is 2.23. The molecule has 1 atom stereocenters. The lowest BCUT2D eigenvalue weighted by molar-refractivity contribution is -0.115. The number of Topliss-reactive ketones (excluding diaryl/α,β-unsaturated/α-hetero) is 1. The van der Waals surface area contributed by atoms with E-state index in [0.29, 0.717) is 12.3 Å². The molecule has 0 saturated heterocycles. The lowest BCUT2D eigenvalue weighted by atomic mass is 10.0. The summed E-state index contributed by atoms with van der Waals surface area (Å²) in [7, 11) is 0. The molecule has 0 unspecified atom stereocenters. The molecule has 1 aliphatic rings. The number of carbonyl (C=O) groups excluding carboxylic acids is 2. The Morgan fingerprint density at radius 2 is 2.25 bits per heavy atom. The third kappa shape index (κ3) is 1.63. The van der Waals surface area contributed by atoms with Crippen LogP contribution in [0.5, 0.6) is 0 Å². The smallest absolute Gasteiger partial charge is 0.158 e. The molecule has 0 bridgehead atoms. The van der Waals surface area contributed by atoms with Crippen molar-refractivity contribution >= 4 is 12.1 Å². The van der Waals surface area contributed by atoms with Crippen molar-refractivity contribution in [3.63, 3.8) is 0 Å². The van der Waals surface area contributed by atoms with Crippen molar-refractivity contribution in [3.05, 3.63) is 11.1 Å². The molecular formula is C10H14O2. The Balaban J connectivity index is 2.84. The largest absolute Gasteiger partial charge is 0.298 e. The van der Waals surface area contributed by atoms with Crippen molar-refractivity contribution in [1.29, 1.82) is 0 Å². The highest BCUT2D eigenvalue weighted by atomic mass is 16.1. The van der Waals surface area contributed by atoms with Gasteiger partial charge < -0.3 is 0 Å². The zero-order chi connectivity index (χ0) is 9.14. The summed E-state index contributed by atoms with van der Waals surface area (Å²) in [4.78, 5) is 21.9. The summed E-state index contributed by atoms with van der Waals surface area (Å²) in [5.74, 6) is 0.608. The van der Waals surface area contributed by atoms with Crippen molar-refractivity contribution in [2.75, 3.05) is 0 Å². The van der Waals surface area contributed by atoms with Gasteiger partial charge in [0.2, 0.25) is 0 Å². The standard InChI is InChI=1S/C10H14O2/c1-3-10(12)9-5-7(2)4-8(9)6-11/h6-7H,3-5H2,1-2H3/t7-/m0/s1. The van der Waals surface area contributed by atoms with Gasteiger partial charge in [0.25, 0.3) is 0 Å². The van der Waals surface area contributed by atoms with E-state index in [1.807, 2.05) is 6.92 Å². The van der Waals surface area contributed by atoms with E-state index in [2.05, 4.69) is 6.92 Å². The van der Waals surface area contributed by atoms with E-state index in [1.165, 1.54) is 0 Å². The normalized spacial score (nSPS) is 23.0. The van der Waals surface area contributed by atoms with Gasteiger partial charge in [-0.05, 0) is 24.3 Å². The Morgan fingerprint density at radius 3 is 2.75 bits per heavy atom. The molecule has 0 aliphatic heterocycles. The van der Waals surface area contributed by atoms with Gasteiger partial charge in [0.15, 0.2) is 5.78 Å². The number of allylic oxidation sites excluding steroid dienone is 2. The molecule has 1 aliphatic carbocycles. The summed E-state index contributed by atoms with van der Waals surface area (Å²) in [6.45, 7) is 3.90. The predicted octanol–water partition coefficient (Wildman–Crippen LogP) is 1.89. The fraction of sp³-hybridized carbons (Fsp3) is 0.600. The molecule has 0 N–H and O–H groups in total. The van der Waals surface area contributed by atoms with Gasteiger partial charge in [0, 0.05) is 12.0 Å². The van der Waals surface area contributed by atoms with Crippen LogP contribution in [-0.2, 0) is 9.59 Å². The number of rotatable bonds is 3. The third-order valence-electron chi connectivity index (χ3n) is 2.31. The number of hydrogen-bond donors (Lipinski definition) is 0. The molecule has 0 heterocycles. The predicted molar refractivity (Wildman–Crippen MR) is 46.8 cm³/mol. The lowest BCUT2D eigenvalue weighted by Gasteiger charge is -1.99. The molecule has 0 spiro atoms. The first-order valence-corrected chi connectivity index (χ1v) is 4.39. The van der Waals surface area contributed by atoms with Gasteiger partial charge in [-0.3, -0.25) is 9.59 Å². The number of aldehydes is 1. The highest BCUT2D eigenvalue weighted by molar-refractivity contribution is 6.01. The SMILES string of the molecule is CCC(=O)C1=C(C=O)C[C@H](C)C1. The van der Waals surface area contributed by atoms with E-state index in [0.717, 1.165) is 30.3 Å². The molecule has 0 amide bonds. The quantitative estimate of drug-likeness (QED) is 0.600. The number of hydrogen-bond acceptors (Lipinski definition) is 2. The molecule has 66 valence electrons. The summed E-state index contributed by atoms with van der Waals surface area (Å²) in [5.41, 5.74) is 1.51. The van der Waals surface area contributed by atoms with Crippen LogP contribution in [0.1, 0.15) is 33.1 Å². The molecule has 12 heavy (non-hydrogen) atoms. The number of carbonyl (C=O) groups is 2. The van der Waals surface area contributed by atoms with Crippen molar-refractivity contribution < 1.29 is 9.59 Å². The van der Waals surface area contributed by atoms with Gasteiger partial charge in [-0.2, -0.15) is 0 Å². The van der Waals surface area contributed by atoms with E-state index in [4.69, 9.17) is 0 Å². The minimum atomic E-state index is 0.140. The van der Waals surface area contributed by atoms with Gasteiger partial charge in [-0.25, -0.2) is 0 Å². The minimum absolute atomic E-state index is 0.140. The van der Waals surface area contributed by atoms with Crippen molar-refractivity contribution in [1.82, 2.24) is 0 Å². The Hall–Kier alpha value is -0.920. The monoisotopic (exact) mass is 166 g/mol. The van der Waals surface area contributed by atoms with E-state index in [-0.39, 0.29) is 5.78 Å². The Kier molecular flexibility index (Phi) is 2.79. The fourth-order valence-corrected chi connectivity index (χ4v) is 1.68. The zero-order valence-corrected chi connectivity index (χ0v) is 7.59. The van der Waals surface area contributed by atoms with E-state index >= 15 is 0 Å². The van der Waals surface area contributed by atoms with E-state index in [1.54, 1.807) is 0 Å². The summed E-state index contributed by atoms with van der Waals surface area (Å²) in [5, 5.41) is 0. The van der Waals surface area contributed by atoms with Crippen molar-refractivity contribution in [2.45, 2.75) is 33.1 Å². The molecule has 0 aromatic carbocycles. The first-order chi connectivity index (χ1) is 5.69. The van der Waals surface area contributed by atoms with Crippen LogP contribution < -0.4 is 0 Å². The maximum Gasteiger partial charge on any atom is 0.158 e. The molecule has 0 fully saturated rings. The lowest BCUT2D eigenvalue weighted by Crippen LogP contribution is -2.01. The molecule has 0 aromatic rings. The van der Waals surface area contributed by atoms with E-state index < -0.39 is 0 Å². The molecule has 0 aromatic heterocycles. The Labute approximate surface area is 72.7 Å². The second-order valence-electron chi connectivity index (χ2n) is 3.41. The van der Waals surface area contributed by atoms with Crippen LogP contribution >= 0.6 is 0 Å². The van der Waals surface area contributed by atoms with Gasteiger partial charge >= 0.3 is 0 Å². The van der Waals surface area contributed by atoms with Crippen molar-refractivity contribution in [3.8, 4) is 0 Å². The second-order valence-corrected chi connectivity index (χ2v) is 3.41. The summed E-state index contributed by atoms with van der Waals surface area (Å²) < 4.78 is 0. The van der Waals surface area contributed by atoms with Crippen LogP contribution in [0.3, 0.4) is 0 Å². The second kappa shape index (κ2) is 3.65. The first kappa shape index (κ1) is 9.17. The average molecular weight is 166 g/mol. The van der Waals surface area contributed by atoms with Gasteiger partial charge in [0.1, 0.15) is 6.29 Å². The van der Waals surface area contributed by atoms with E-state index in [9.17, 15) is 9.59 Å². The summed E-state index contributed by atoms with van der Waals surface area (Å²) >= 11 is 0. The Morgan fingerprint density at radius 1 is 1.58 bits per heavy atom. The summed E-state index contributed by atoms with van der Waals surface area (Å²) in [6, 6.07) is 0. The van der Waals surface area contributed by atoms with Crippen LogP contribution in [0.25, 0.3) is 0 Å². The minimum Gasteiger partial charge on any atom is -0.298 e. The first-order valence-electron chi connectivity index (χ1n) is 4.39. The molecule has 0 saturated carbocycles. The molecule has 1 rings (SSSR count). The van der Waals surface area contributed by atoms with Crippen LogP contribution in [0.4, 0.5) is 0 Å². The molecule has 2 heteroatoms.